The molecule has 2 aliphatic carbocycles. The molecule has 3 aliphatic rings. The number of hydrogen-bond donors (Lipinski definition) is 2. The van der Waals surface area contributed by atoms with Crippen molar-refractivity contribution in [3.63, 3.8) is 0 Å². The molecule has 0 spiro atoms. The highest BCUT2D eigenvalue weighted by molar-refractivity contribution is 5.87. The van der Waals surface area contributed by atoms with Crippen LogP contribution in [-0.4, -0.2) is 45.7 Å². The van der Waals surface area contributed by atoms with Crippen molar-refractivity contribution >= 4 is 5.97 Å². The van der Waals surface area contributed by atoms with E-state index in [1.807, 2.05) is 27.7 Å². The second-order valence-corrected chi connectivity index (χ2v) is 9.04. The summed E-state index contributed by atoms with van der Waals surface area (Å²) in [5, 5.41) is 22.5. The van der Waals surface area contributed by atoms with E-state index in [1.165, 1.54) is 0 Å². The first-order valence-corrected chi connectivity index (χ1v) is 9.42. The molecular weight excluding hydrogens is 320 g/mol. The Hall–Kier alpha value is -0.910. The van der Waals surface area contributed by atoms with Crippen LogP contribution in [0.4, 0.5) is 0 Å². The number of hydrogen-bond acceptors (Lipinski definition) is 5. The van der Waals surface area contributed by atoms with E-state index in [0.717, 1.165) is 0 Å². The third kappa shape index (κ3) is 2.66. The summed E-state index contributed by atoms with van der Waals surface area (Å²) >= 11 is 0. The van der Waals surface area contributed by atoms with Gasteiger partial charge >= 0.3 is 5.97 Å². The summed E-state index contributed by atoms with van der Waals surface area (Å²) in [6, 6.07) is 0. The number of fused-ring (bicyclic) bond motifs is 2. The molecule has 1 heterocycles. The molecule has 0 aromatic carbocycles. The predicted octanol–water partition coefficient (Wildman–Crippen LogP) is 2.59. The van der Waals surface area contributed by atoms with Gasteiger partial charge in [-0.2, -0.15) is 0 Å². The number of rotatable bonds is 3. The lowest BCUT2D eigenvalue weighted by Crippen LogP contribution is -2.53. The summed E-state index contributed by atoms with van der Waals surface area (Å²) in [7, 11) is 0. The SMILES string of the molecule is CC=C(C)C(=O)OC1CC2(C)OC2C(O)C2(C)CCC(O)(C(C)C)C12. The van der Waals surface area contributed by atoms with Crippen molar-refractivity contribution in [2.24, 2.45) is 17.3 Å². The average molecular weight is 352 g/mol. The molecule has 1 aliphatic heterocycles. The van der Waals surface area contributed by atoms with Crippen LogP contribution < -0.4 is 0 Å². The van der Waals surface area contributed by atoms with Crippen molar-refractivity contribution in [2.75, 3.05) is 0 Å². The highest BCUT2D eigenvalue weighted by Crippen LogP contribution is 2.63. The summed E-state index contributed by atoms with van der Waals surface area (Å²) in [4.78, 5) is 12.5. The van der Waals surface area contributed by atoms with Crippen LogP contribution in [-0.2, 0) is 14.3 Å². The fraction of sp³-hybridized carbons (Fsp3) is 0.850. The maximum atomic E-state index is 12.5. The Morgan fingerprint density at radius 1 is 1.32 bits per heavy atom. The van der Waals surface area contributed by atoms with Crippen LogP contribution in [0.15, 0.2) is 11.6 Å². The van der Waals surface area contributed by atoms with Gasteiger partial charge in [-0.25, -0.2) is 4.79 Å². The number of epoxide rings is 1. The van der Waals surface area contributed by atoms with Gasteiger partial charge in [0.2, 0.25) is 0 Å². The Kier molecular flexibility index (Phi) is 4.37. The zero-order valence-corrected chi connectivity index (χ0v) is 16.2. The first kappa shape index (κ1) is 18.9. The van der Waals surface area contributed by atoms with Gasteiger partial charge in [0, 0.05) is 23.3 Å². The third-order valence-corrected chi connectivity index (χ3v) is 7.21. The zero-order chi connectivity index (χ0) is 18.8. The van der Waals surface area contributed by atoms with Crippen molar-refractivity contribution in [1.29, 1.82) is 0 Å². The molecule has 7 unspecified atom stereocenters. The molecule has 7 atom stereocenters. The fourth-order valence-corrected chi connectivity index (χ4v) is 5.22. The van der Waals surface area contributed by atoms with Gasteiger partial charge in [-0.3, -0.25) is 0 Å². The lowest BCUT2D eigenvalue weighted by molar-refractivity contribution is -0.171. The minimum Gasteiger partial charge on any atom is -0.458 e. The highest BCUT2D eigenvalue weighted by atomic mass is 16.6. The van der Waals surface area contributed by atoms with Gasteiger partial charge in [-0.05, 0) is 39.5 Å². The summed E-state index contributed by atoms with van der Waals surface area (Å²) in [6.45, 7) is 11.5. The van der Waals surface area contributed by atoms with E-state index in [9.17, 15) is 15.0 Å². The Balaban J connectivity index is 2.02. The van der Waals surface area contributed by atoms with E-state index < -0.39 is 28.8 Å². The van der Waals surface area contributed by atoms with Crippen molar-refractivity contribution in [2.45, 2.75) is 90.3 Å². The molecule has 3 rings (SSSR count). The lowest BCUT2D eigenvalue weighted by atomic mass is 9.66. The molecule has 0 radical (unpaired) electrons. The lowest BCUT2D eigenvalue weighted by Gasteiger charge is -2.45. The van der Waals surface area contributed by atoms with Crippen LogP contribution in [0.25, 0.3) is 0 Å². The number of carbonyl (C=O) groups excluding carboxylic acids is 1. The van der Waals surface area contributed by atoms with Crippen LogP contribution in [0.2, 0.25) is 0 Å². The van der Waals surface area contributed by atoms with E-state index in [2.05, 4.69) is 0 Å². The van der Waals surface area contributed by atoms with Gasteiger partial charge in [0.1, 0.15) is 12.2 Å². The van der Waals surface area contributed by atoms with E-state index in [1.54, 1.807) is 19.9 Å². The van der Waals surface area contributed by atoms with Crippen molar-refractivity contribution < 1.29 is 24.5 Å². The first-order chi connectivity index (χ1) is 11.5. The quantitative estimate of drug-likeness (QED) is 0.464. The van der Waals surface area contributed by atoms with Crippen LogP contribution in [0.1, 0.15) is 60.8 Å². The van der Waals surface area contributed by atoms with Crippen molar-refractivity contribution in [1.82, 2.24) is 0 Å². The Labute approximate surface area is 150 Å². The number of carbonyl (C=O) groups is 1. The fourth-order valence-electron chi connectivity index (χ4n) is 5.22. The Morgan fingerprint density at radius 3 is 2.52 bits per heavy atom. The van der Waals surface area contributed by atoms with Crippen molar-refractivity contribution in [3.8, 4) is 0 Å². The standard InChI is InChI=1S/C20H32O5/c1-7-12(4)17(22)24-13-10-19(6)16(25-19)15(21)18(5)8-9-20(23,11(2)3)14(13)18/h7,11,13-16,21,23H,8-10H2,1-6H3. The molecule has 142 valence electrons. The molecule has 5 nitrogen and oxygen atoms in total. The Bertz CT molecular complexity index is 599. The molecular formula is C20H32O5. The second-order valence-electron chi connectivity index (χ2n) is 9.04. The minimum atomic E-state index is -0.961. The third-order valence-electron chi connectivity index (χ3n) is 7.21. The summed E-state index contributed by atoms with van der Waals surface area (Å²) in [5.74, 6) is -0.652. The summed E-state index contributed by atoms with van der Waals surface area (Å²) in [5.41, 5.74) is -1.43. The normalized spacial score (nSPS) is 49.4. The van der Waals surface area contributed by atoms with E-state index >= 15 is 0 Å². The molecule has 2 saturated carbocycles. The topological polar surface area (TPSA) is 79.3 Å². The largest absolute Gasteiger partial charge is 0.458 e. The highest BCUT2D eigenvalue weighted by Gasteiger charge is 2.72. The monoisotopic (exact) mass is 352 g/mol. The molecule has 1 saturated heterocycles. The van der Waals surface area contributed by atoms with E-state index in [-0.39, 0.29) is 23.9 Å². The van der Waals surface area contributed by atoms with Crippen LogP contribution in [0.5, 0.6) is 0 Å². The number of ether oxygens (including phenoxy) is 2. The summed E-state index contributed by atoms with van der Waals surface area (Å²) in [6.07, 6.45) is 2.14. The number of aliphatic hydroxyl groups excluding tert-OH is 1. The minimum absolute atomic E-state index is 0.0127. The maximum absolute atomic E-state index is 12.5. The molecule has 0 aromatic rings. The molecule has 3 fully saturated rings. The van der Waals surface area contributed by atoms with Crippen LogP contribution in [0.3, 0.4) is 0 Å². The maximum Gasteiger partial charge on any atom is 0.333 e. The van der Waals surface area contributed by atoms with E-state index in [4.69, 9.17) is 9.47 Å². The molecule has 25 heavy (non-hydrogen) atoms. The zero-order valence-electron chi connectivity index (χ0n) is 16.2. The van der Waals surface area contributed by atoms with E-state index in [0.29, 0.717) is 24.8 Å². The van der Waals surface area contributed by atoms with Gasteiger partial charge < -0.3 is 19.7 Å². The number of aliphatic hydroxyl groups is 2. The smallest absolute Gasteiger partial charge is 0.333 e. The van der Waals surface area contributed by atoms with Gasteiger partial charge in [-0.15, -0.1) is 0 Å². The van der Waals surface area contributed by atoms with Gasteiger partial charge in [0.05, 0.1) is 17.3 Å². The van der Waals surface area contributed by atoms with Crippen LogP contribution in [0, 0.1) is 17.3 Å². The Morgan fingerprint density at radius 2 is 1.96 bits per heavy atom. The molecule has 5 heteroatoms. The second kappa shape index (κ2) is 5.80. The number of allylic oxidation sites excluding steroid dienone is 1. The molecule has 0 amide bonds. The van der Waals surface area contributed by atoms with Gasteiger partial charge in [-0.1, -0.05) is 26.8 Å². The van der Waals surface area contributed by atoms with Crippen LogP contribution >= 0.6 is 0 Å². The molecule has 0 bridgehead atoms. The van der Waals surface area contributed by atoms with Gasteiger partial charge in [0.15, 0.2) is 0 Å². The first-order valence-electron chi connectivity index (χ1n) is 9.42. The average Bonchev–Trinajstić information content (AvgIpc) is 3.12. The van der Waals surface area contributed by atoms with Gasteiger partial charge in [0.25, 0.3) is 0 Å². The number of esters is 1. The van der Waals surface area contributed by atoms with Crippen molar-refractivity contribution in [3.05, 3.63) is 11.6 Å². The predicted molar refractivity (Wildman–Crippen MR) is 93.8 cm³/mol. The molecule has 0 aromatic heterocycles. The molecule has 2 N–H and O–H groups in total. The summed E-state index contributed by atoms with van der Waals surface area (Å²) < 4.78 is 11.7.